The van der Waals surface area contributed by atoms with Gasteiger partial charge in [0.2, 0.25) is 5.91 Å². The Hall–Kier alpha value is -2.74. The van der Waals surface area contributed by atoms with Crippen molar-refractivity contribution < 1.29 is 27.4 Å². The van der Waals surface area contributed by atoms with Crippen LogP contribution in [0.4, 0.5) is 13.2 Å². The molecule has 1 aliphatic heterocycles. The topological polar surface area (TPSA) is 59.6 Å². The average Bonchev–Trinajstić information content (AvgIpc) is 3.22. The van der Waals surface area contributed by atoms with Gasteiger partial charge >= 0.3 is 6.18 Å². The Labute approximate surface area is 173 Å². The number of amides is 1. The van der Waals surface area contributed by atoms with Crippen LogP contribution in [0, 0.1) is 5.92 Å². The second kappa shape index (κ2) is 8.95. The number of benzene rings is 2. The lowest BCUT2D eigenvalue weighted by Crippen LogP contribution is -2.36. The highest BCUT2D eigenvalue weighted by Crippen LogP contribution is 2.33. The molecule has 1 aliphatic rings. The van der Waals surface area contributed by atoms with Gasteiger partial charge < -0.3 is 20.1 Å². The van der Waals surface area contributed by atoms with E-state index in [1.54, 1.807) is 20.3 Å². The van der Waals surface area contributed by atoms with Crippen LogP contribution in [-0.4, -0.2) is 33.2 Å². The summed E-state index contributed by atoms with van der Waals surface area (Å²) in [5.41, 5.74) is 0.847. The van der Waals surface area contributed by atoms with Gasteiger partial charge in [0.05, 0.1) is 31.7 Å². The lowest BCUT2D eigenvalue weighted by Gasteiger charge is -2.22. The number of alkyl halides is 3. The van der Waals surface area contributed by atoms with Gasteiger partial charge in [0.25, 0.3) is 0 Å². The number of methoxy groups -OCH3 is 2. The second-order valence-corrected chi connectivity index (χ2v) is 7.37. The van der Waals surface area contributed by atoms with Gasteiger partial charge in [-0.05, 0) is 42.3 Å². The minimum Gasteiger partial charge on any atom is -0.497 e. The van der Waals surface area contributed by atoms with E-state index < -0.39 is 11.7 Å². The molecule has 1 amide bonds. The molecule has 2 N–H and O–H groups in total. The molecule has 3 unspecified atom stereocenters. The fourth-order valence-corrected chi connectivity index (χ4v) is 3.71. The molecule has 2 aromatic rings. The van der Waals surface area contributed by atoms with Crippen molar-refractivity contribution in [1.82, 2.24) is 10.6 Å². The zero-order chi connectivity index (χ0) is 21.9. The number of carbonyl (C=O) groups excluding carboxylic acids is 1. The highest BCUT2D eigenvalue weighted by atomic mass is 19.4. The van der Waals surface area contributed by atoms with Crippen LogP contribution in [0.5, 0.6) is 11.5 Å². The van der Waals surface area contributed by atoms with E-state index >= 15 is 0 Å². The van der Waals surface area contributed by atoms with Gasteiger partial charge in [-0.15, -0.1) is 0 Å². The maximum absolute atomic E-state index is 13.0. The van der Waals surface area contributed by atoms with Gasteiger partial charge in [-0.25, -0.2) is 0 Å². The summed E-state index contributed by atoms with van der Waals surface area (Å²) >= 11 is 0. The van der Waals surface area contributed by atoms with Crippen molar-refractivity contribution in [2.45, 2.75) is 25.1 Å². The molecule has 0 spiro atoms. The molecule has 30 heavy (non-hydrogen) atoms. The van der Waals surface area contributed by atoms with Crippen LogP contribution in [0.25, 0.3) is 0 Å². The van der Waals surface area contributed by atoms with Crippen LogP contribution >= 0.6 is 0 Å². The number of hydrogen-bond acceptors (Lipinski definition) is 4. The summed E-state index contributed by atoms with van der Waals surface area (Å²) in [5, 5.41) is 6.18. The molecule has 0 saturated carbocycles. The SMILES string of the molecule is COc1cc(OC)cc(C(C)NC(=O)C2CNCC2c2ccc(C(F)(F)F)cc2)c1. The molecular formula is C22H25F3N2O3. The molecule has 1 saturated heterocycles. The Bertz CT molecular complexity index is 862. The summed E-state index contributed by atoms with van der Waals surface area (Å²) in [6.07, 6.45) is -4.38. The minimum absolute atomic E-state index is 0.154. The first-order valence-electron chi connectivity index (χ1n) is 9.64. The van der Waals surface area contributed by atoms with Crippen LogP contribution in [0.3, 0.4) is 0 Å². The fraction of sp³-hybridized carbons (Fsp3) is 0.409. The summed E-state index contributed by atoms with van der Waals surface area (Å²) < 4.78 is 49.0. The molecule has 1 fully saturated rings. The lowest BCUT2D eigenvalue weighted by atomic mass is 9.87. The second-order valence-electron chi connectivity index (χ2n) is 7.37. The molecular weight excluding hydrogens is 397 g/mol. The maximum Gasteiger partial charge on any atom is 0.416 e. The lowest BCUT2D eigenvalue weighted by molar-refractivity contribution is -0.137. The molecule has 5 nitrogen and oxygen atoms in total. The molecule has 3 atom stereocenters. The van der Waals surface area contributed by atoms with Crippen LogP contribution in [0.15, 0.2) is 42.5 Å². The van der Waals surface area contributed by atoms with Crippen molar-refractivity contribution in [3.8, 4) is 11.5 Å². The van der Waals surface area contributed by atoms with Crippen molar-refractivity contribution in [1.29, 1.82) is 0 Å². The first kappa shape index (κ1) is 22.0. The molecule has 162 valence electrons. The number of ether oxygens (including phenoxy) is 2. The summed E-state index contributed by atoms with van der Waals surface area (Å²) in [7, 11) is 3.11. The van der Waals surface area contributed by atoms with Crippen LogP contribution in [-0.2, 0) is 11.0 Å². The third kappa shape index (κ3) is 4.87. The number of carbonyl (C=O) groups is 1. The molecule has 2 aromatic carbocycles. The van der Waals surface area contributed by atoms with Crippen LogP contribution in [0.2, 0.25) is 0 Å². The smallest absolute Gasteiger partial charge is 0.416 e. The summed E-state index contributed by atoms with van der Waals surface area (Å²) in [6.45, 7) is 2.86. The normalized spacial score (nSPS) is 19.9. The monoisotopic (exact) mass is 422 g/mol. The predicted octanol–water partition coefficient (Wildman–Crippen LogP) is 3.90. The van der Waals surface area contributed by atoms with E-state index in [1.807, 2.05) is 19.1 Å². The largest absolute Gasteiger partial charge is 0.497 e. The molecule has 0 bridgehead atoms. The van der Waals surface area contributed by atoms with E-state index in [2.05, 4.69) is 10.6 Å². The summed E-state index contributed by atoms with van der Waals surface area (Å²) in [5.74, 6) is 0.515. The van der Waals surface area contributed by atoms with Crippen molar-refractivity contribution in [2.24, 2.45) is 5.92 Å². The Balaban J connectivity index is 1.73. The van der Waals surface area contributed by atoms with Gasteiger partial charge in [-0.3, -0.25) is 4.79 Å². The number of nitrogens with one attached hydrogen (secondary N) is 2. The van der Waals surface area contributed by atoms with Crippen LogP contribution in [0.1, 0.15) is 35.6 Å². The average molecular weight is 422 g/mol. The van der Waals surface area contributed by atoms with Crippen molar-refractivity contribution >= 4 is 5.91 Å². The van der Waals surface area contributed by atoms with Gasteiger partial charge in [-0.2, -0.15) is 13.2 Å². The van der Waals surface area contributed by atoms with Crippen molar-refractivity contribution in [3.63, 3.8) is 0 Å². The van der Waals surface area contributed by atoms with Gasteiger partial charge in [0, 0.05) is 25.1 Å². The number of rotatable bonds is 6. The third-order valence-electron chi connectivity index (χ3n) is 5.45. The molecule has 3 rings (SSSR count). The Morgan fingerprint density at radius 3 is 2.20 bits per heavy atom. The van der Waals surface area contributed by atoms with Gasteiger partial charge in [0.1, 0.15) is 11.5 Å². The zero-order valence-corrected chi connectivity index (χ0v) is 17.0. The first-order chi connectivity index (χ1) is 14.2. The van der Waals surface area contributed by atoms with E-state index in [0.717, 1.165) is 17.7 Å². The Morgan fingerprint density at radius 1 is 1.07 bits per heavy atom. The summed E-state index contributed by atoms with van der Waals surface area (Å²) in [4.78, 5) is 13.0. The van der Waals surface area contributed by atoms with E-state index in [-0.39, 0.29) is 23.8 Å². The zero-order valence-electron chi connectivity index (χ0n) is 17.0. The van der Waals surface area contributed by atoms with Gasteiger partial charge in [-0.1, -0.05) is 12.1 Å². The predicted molar refractivity (Wildman–Crippen MR) is 107 cm³/mol. The summed E-state index contributed by atoms with van der Waals surface area (Å²) in [6, 6.07) is 10.1. The van der Waals surface area contributed by atoms with E-state index in [4.69, 9.17) is 9.47 Å². The van der Waals surface area contributed by atoms with Gasteiger partial charge in [0.15, 0.2) is 0 Å². The highest BCUT2D eigenvalue weighted by molar-refractivity contribution is 5.81. The quantitative estimate of drug-likeness (QED) is 0.741. The van der Waals surface area contributed by atoms with E-state index in [9.17, 15) is 18.0 Å². The maximum atomic E-state index is 13.0. The standard InChI is InChI=1S/C22H25F3N2O3/c1-13(15-8-17(29-2)10-18(9-15)30-3)27-21(28)20-12-26-11-19(20)14-4-6-16(7-5-14)22(23,24)25/h4-10,13,19-20,26H,11-12H2,1-3H3,(H,27,28). The van der Waals surface area contributed by atoms with Crippen LogP contribution < -0.4 is 20.1 Å². The molecule has 0 aliphatic carbocycles. The molecule has 0 radical (unpaired) electrons. The third-order valence-corrected chi connectivity index (χ3v) is 5.45. The number of halogens is 3. The molecule has 0 aromatic heterocycles. The van der Waals surface area contributed by atoms with E-state index in [1.165, 1.54) is 12.1 Å². The molecule has 1 heterocycles. The van der Waals surface area contributed by atoms with Crippen molar-refractivity contribution in [3.05, 3.63) is 59.2 Å². The molecule has 8 heteroatoms. The fourth-order valence-electron chi connectivity index (χ4n) is 3.71. The van der Waals surface area contributed by atoms with E-state index in [0.29, 0.717) is 30.2 Å². The number of hydrogen-bond donors (Lipinski definition) is 2. The minimum atomic E-state index is -4.38. The first-order valence-corrected chi connectivity index (χ1v) is 9.64. The van der Waals surface area contributed by atoms with Crippen molar-refractivity contribution in [2.75, 3.05) is 27.3 Å². The Kier molecular flexibility index (Phi) is 6.55. The Morgan fingerprint density at radius 2 is 1.67 bits per heavy atom. The highest BCUT2D eigenvalue weighted by Gasteiger charge is 2.36.